The van der Waals surface area contributed by atoms with Crippen LogP contribution >= 0.6 is 0 Å². The van der Waals surface area contributed by atoms with Gasteiger partial charge in [-0.3, -0.25) is 0 Å². The number of hydrogen-bond donors (Lipinski definition) is 1. The van der Waals surface area contributed by atoms with Crippen LogP contribution in [0.5, 0.6) is 0 Å². The molecule has 2 aromatic carbocycles. The number of aryl methyl sites for hydroxylation is 1. The van der Waals surface area contributed by atoms with Gasteiger partial charge in [0.05, 0.1) is 21.7 Å². The third kappa shape index (κ3) is 4.11. The van der Waals surface area contributed by atoms with E-state index in [0.717, 1.165) is 11.1 Å². The molecule has 0 aliphatic carbocycles. The fourth-order valence-electron chi connectivity index (χ4n) is 3.05. The minimum absolute atomic E-state index is 0.157. The summed E-state index contributed by atoms with van der Waals surface area (Å²) in [4.78, 5) is 0.166. The molecule has 7 heteroatoms. The van der Waals surface area contributed by atoms with Crippen LogP contribution in [-0.4, -0.2) is 39.6 Å². The number of sulfone groups is 2. The Morgan fingerprint density at radius 3 is 2.28 bits per heavy atom. The molecule has 1 saturated heterocycles. The lowest BCUT2D eigenvalue weighted by atomic mass is 10.1. The molecule has 0 spiro atoms. The molecule has 25 heavy (non-hydrogen) atoms. The van der Waals surface area contributed by atoms with E-state index in [4.69, 9.17) is 0 Å². The Kier molecular flexibility index (Phi) is 4.99. The second-order valence-corrected chi connectivity index (χ2v) is 10.8. The van der Waals surface area contributed by atoms with Crippen molar-refractivity contribution in [2.24, 2.45) is 0 Å². The molecule has 3 rings (SSSR count). The van der Waals surface area contributed by atoms with Gasteiger partial charge in [0.1, 0.15) is 0 Å². The SMILES string of the molecule is Cc1ccc(CN[C@@H]2CS(=O)(=O)C[C@H]2S(=O)(=O)c2ccccc2)cc1. The van der Waals surface area contributed by atoms with Crippen molar-refractivity contribution in [1.29, 1.82) is 0 Å². The van der Waals surface area contributed by atoms with Crippen LogP contribution in [-0.2, 0) is 26.2 Å². The van der Waals surface area contributed by atoms with Gasteiger partial charge in [-0.2, -0.15) is 0 Å². The summed E-state index contributed by atoms with van der Waals surface area (Å²) in [6.45, 7) is 2.42. The number of benzene rings is 2. The van der Waals surface area contributed by atoms with Crippen molar-refractivity contribution >= 4 is 19.7 Å². The summed E-state index contributed by atoms with van der Waals surface area (Å²) in [5.74, 6) is -0.495. The summed E-state index contributed by atoms with van der Waals surface area (Å²) in [5, 5.41) is 2.17. The smallest absolute Gasteiger partial charge is 0.183 e. The maximum atomic E-state index is 12.9. The highest BCUT2D eigenvalue weighted by Crippen LogP contribution is 2.26. The van der Waals surface area contributed by atoms with Crippen LogP contribution in [0.4, 0.5) is 0 Å². The van der Waals surface area contributed by atoms with Gasteiger partial charge in [-0.15, -0.1) is 0 Å². The van der Waals surface area contributed by atoms with Crippen LogP contribution in [0.3, 0.4) is 0 Å². The van der Waals surface area contributed by atoms with E-state index in [1.54, 1.807) is 18.2 Å². The largest absolute Gasteiger partial charge is 0.308 e. The summed E-state index contributed by atoms with van der Waals surface area (Å²) in [7, 11) is -7.10. The fraction of sp³-hybridized carbons (Fsp3) is 0.333. The molecular formula is C18H21NO4S2. The third-order valence-corrected chi connectivity index (χ3v) is 8.63. The van der Waals surface area contributed by atoms with E-state index < -0.39 is 31.0 Å². The Labute approximate surface area is 148 Å². The molecule has 1 aliphatic rings. The zero-order valence-corrected chi connectivity index (χ0v) is 15.6. The topological polar surface area (TPSA) is 80.3 Å². The van der Waals surface area contributed by atoms with Gasteiger partial charge in [0, 0.05) is 12.6 Å². The monoisotopic (exact) mass is 379 g/mol. The molecule has 1 aliphatic heterocycles. The quantitative estimate of drug-likeness (QED) is 0.856. The summed E-state index contributed by atoms with van der Waals surface area (Å²) in [5.41, 5.74) is 2.13. The predicted octanol–water partition coefficient (Wildman–Crippen LogP) is 1.72. The molecular weight excluding hydrogens is 358 g/mol. The van der Waals surface area contributed by atoms with Crippen LogP contribution in [0.15, 0.2) is 59.5 Å². The van der Waals surface area contributed by atoms with Gasteiger partial charge in [0.25, 0.3) is 0 Å². The zero-order chi connectivity index (χ0) is 18.1. The van der Waals surface area contributed by atoms with Crippen LogP contribution in [0, 0.1) is 6.92 Å². The van der Waals surface area contributed by atoms with Crippen molar-refractivity contribution in [2.75, 3.05) is 11.5 Å². The molecule has 0 amide bonds. The van der Waals surface area contributed by atoms with E-state index in [2.05, 4.69) is 5.32 Å². The van der Waals surface area contributed by atoms with Crippen molar-refractivity contribution in [3.63, 3.8) is 0 Å². The molecule has 1 N–H and O–H groups in total. The summed E-state index contributed by atoms with van der Waals surface area (Å²) in [6, 6.07) is 15.3. The number of hydrogen-bond acceptors (Lipinski definition) is 5. The Morgan fingerprint density at radius 2 is 1.64 bits per heavy atom. The molecule has 0 radical (unpaired) electrons. The first-order chi connectivity index (χ1) is 11.8. The predicted molar refractivity (Wildman–Crippen MR) is 97.9 cm³/mol. The first-order valence-corrected chi connectivity index (χ1v) is 11.4. The molecule has 0 bridgehead atoms. The molecule has 5 nitrogen and oxygen atoms in total. The Bertz CT molecular complexity index is 936. The number of rotatable bonds is 5. The van der Waals surface area contributed by atoms with Crippen LogP contribution in [0.2, 0.25) is 0 Å². The summed E-state index contributed by atoms with van der Waals surface area (Å²) >= 11 is 0. The Morgan fingerprint density at radius 1 is 1.00 bits per heavy atom. The molecule has 2 aromatic rings. The maximum Gasteiger partial charge on any atom is 0.183 e. The highest BCUT2D eigenvalue weighted by atomic mass is 32.2. The van der Waals surface area contributed by atoms with Crippen LogP contribution < -0.4 is 5.32 Å². The fourth-order valence-corrected chi connectivity index (χ4v) is 7.79. The van der Waals surface area contributed by atoms with E-state index in [0.29, 0.717) is 6.54 Å². The molecule has 1 heterocycles. The second-order valence-electron chi connectivity index (χ2n) is 6.45. The average Bonchev–Trinajstić information content (AvgIpc) is 2.91. The van der Waals surface area contributed by atoms with E-state index in [1.807, 2.05) is 31.2 Å². The summed E-state index contributed by atoms with van der Waals surface area (Å²) < 4.78 is 49.9. The summed E-state index contributed by atoms with van der Waals surface area (Å²) in [6.07, 6.45) is 0. The lowest BCUT2D eigenvalue weighted by Crippen LogP contribution is -2.43. The van der Waals surface area contributed by atoms with Gasteiger partial charge < -0.3 is 5.32 Å². The van der Waals surface area contributed by atoms with Crippen molar-refractivity contribution in [1.82, 2.24) is 5.32 Å². The van der Waals surface area contributed by atoms with Crippen LogP contribution in [0.1, 0.15) is 11.1 Å². The first kappa shape index (κ1) is 18.1. The molecule has 0 saturated carbocycles. The first-order valence-electron chi connectivity index (χ1n) is 8.06. The third-order valence-electron chi connectivity index (χ3n) is 4.46. The van der Waals surface area contributed by atoms with E-state index in [9.17, 15) is 16.8 Å². The highest BCUT2D eigenvalue weighted by Gasteiger charge is 2.45. The Hall–Kier alpha value is -1.70. The molecule has 0 aromatic heterocycles. The van der Waals surface area contributed by atoms with Gasteiger partial charge in [-0.25, -0.2) is 16.8 Å². The van der Waals surface area contributed by atoms with E-state index >= 15 is 0 Å². The van der Waals surface area contributed by atoms with E-state index in [-0.39, 0.29) is 16.4 Å². The van der Waals surface area contributed by atoms with Crippen molar-refractivity contribution in [2.45, 2.75) is 29.7 Å². The van der Waals surface area contributed by atoms with Gasteiger partial charge in [-0.1, -0.05) is 48.0 Å². The average molecular weight is 380 g/mol. The van der Waals surface area contributed by atoms with Gasteiger partial charge >= 0.3 is 0 Å². The van der Waals surface area contributed by atoms with Crippen molar-refractivity contribution in [3.05, 3.63) is 65.7 Å². The lowest BCUT2D eigenvalue weighted by molar-refractivity contribution is 0.526. The zero-order valence-electron chi connectivity index (χ0n) is 13.9. The highest BCUT2D eigenvalue weighted by molar-refractivity contribution is 7.96. The standard InChI is InChI=1S/C18H21NO4S2/c1-14-7-9-15(10-8-14)11-19-17-12-24(20,21)13-18(17)25(22,23)16-5-3-2-4-6-16/h2-10,17-19H,11-13H2,1H3/t17-,18-/m1/s1. The van der Waals surface area contributed by atoms with Gasteiger partial charge in [0.15, 0.2) is 19.7 Å². The van der Waals surface area contributed by atoms with Crippen molar-refractivity contribution < 1.29 is 16.8 Å². The van der Waals surface area contributed by atoms with Crippen molar-refractivity contribution in [3.8, 4) is 0 Å². The molecule has 0 unspecified atom stereocenters. The van der Waals surface area contributed by atoms with E-state index in [1.165, 1.54) is 12.1 Å². The Balaban J connectivity index is 1.83. The second kappa shape index (κ2) is 6.90. The minimum atomic E-state index is -3.71. The maximum absolute atomic E-state index is 12.9. The van der Waals surface area contributed by atoms with Gasteiger partial charge in [-0.05, 0) is 24.6 Å². The van der Waals surface area contributed by atoms with Crippen LogP contribution in [0.25, 0.3) is 0 Å². The minimum Gasteiger partial charge on any atom is -0.308 e. The number of nitrogens with one attached hydrogen (secondary N) is 1. The van der Waals surface area contributed by atoms with Gasteiger partial charge in [0.2, 0.25) is 0 Å². The lowest BCUT2D eigenvalue weighted by Gasteiger charge is -2.20. The molecule has 1 fully saturated rings. The molecule has 2 atom stereocenters. The molecule has 134 valence electrons. The normalized spacial score (nSPS) is 22.8.